The first-order chi connectivity index (χ1) is 10.4. The number of fused-ring (bicyclic) bond motifs is 1. The van der Waals surface area contributed by atoms with Crippen LogP contribution in [0.5, 0.6) is 0 Å². The third kappa shape index (κ3) is 3.53. The number of aromatic nitrogens is 1. The number of aryl methyl sites for hydroxylation is 1. The van der Waals surface area contributed by atoms with Crippen LogP contribution in [0.3, 0.4) is 0 Å². The fraction of sp³-hybridized carbons (Fsp3) is 0.412. The molecular weight excluding hydrogens is 283 g/mol. The van der Waals surface area contributed by atoms with Gasteiger partial charge >= 0.3 is 5.97 Å². The highest BCUT2D eigenvalue weighted by Gasteiger charge is 2.16. The molecule has 0 unspecified atom stereocenters. The van der Waals surface area contributed by atoms with Crippen molar-refractivity contribution in [2.45, 2.75) is 27.2 Å². The van der Waals surface area contributed by atoms with Crippen molar-refractivity contribution in [3.63, 3.8) is 0 Å². The zero-order valence-corrected chi connectivity index (χ0v) is 13.4. The highest BCUT2D eigenvalue weighted by Crippen LogP contribution is 2.30. The molecule has 1 N–H and O–H groups in total. The average Bonchev–Trinajstić information content (AvgIpc) is 2.47. The first-order valence-electron chi connectivity index (χ1n) is 7.31. The summed E-state index contributed by atoms with van der Waals surface area (Å²) in [6.45, 7) is 6.75. The molecule has 1 heterocycles. The number of methoxy groups -OCH3 is 1. The topological polar surface area (TPSA) is 51.2 Å². The van der Waals surface area contributed by atoms with Crippen LogP contribution in [0.2, 0.25) is 0 Å². The summed E-state index contributed by atoms with van der Waals surface area (Å²) in [6, 6.07) is 4.49. The third-order valence-corrected chi connectivity index (χ3v) is 3.49. The summed E-state index contributed by atoms with van der Waals surface area (Å²) < 4.78 is 18.4. The number of halogens is 1. The second kappa shape index (κ2) is 6.73. The molecule has 0 aliphatic heterocycles. The monoisotopic (exact) mass is 304 g/mol. The van der Waals surface area contributed by atoms with Crippen LogP contribution in [-0.4, -0.2) is 24.6 Å². The molecule has 0 bridgehead atoms. The molecule has 1 aromatic carbocycles. The summed E-state index contributed by atoms with van der Waals surface area (Å²) in [5.74, 6) is -0.244. The first-order valence-corrected chi connectivity index (χ1v) is 7.31. The number of pyridine rings is 1. The number of esters is 1. The second-order valence-corrected chi connectivity index (χ2v) is 5.74. The fourth-order valence-corrected chi connectivity index (χ4v) is 2.34. The SMILES string of the molecule is COC(=O)Cc1c(C)nc2ccc(F)cc2c1NCC(C)C. The lowest BCUT2D eigenvalue weighted by molar-refractivity contribution is -0.139. The molecule has 0 saturated heterocycles. The van der Waals surface area contributed by atoms with Crippen molar-refractivity contribution in [1.82, 2.24) is 4.98 Å². The van der Waals surface area contributed by atoms with Crippen LogP contribution in [0.1, 0.15) is 25.1 Å². The number of nitrogens with zero attached hydrogens (tertiary/aromatic N) is 1. The number of hydrogen-bond donors (Lipinski definition) is 1. The molecule has 0 fully saturated rings. The quantitative estimate of drug-likeness (QED) is 0.859. The molecule has 2 rings (SSSR count). The van der Waals surface area contributed by atoms with Gasteiger partial charge in [0.2, 0.25) is 0 Å². The number of benzene rings is 1. The summed E-state index contributed by atoms with van der Waals surface area (Å²) in [7, 11) is 1.35. The van der Waals surface area contributed by atoms with Gasteiger partial charge in [0.1, 0.15) is 5.82 Å². The summed E-state index contributed by atoms with van der Waals surface area (Å²) in [5, 5.41) is 4.02. The molecule has 0 aliphatic rings. The van der Waals surface area contributed by atoms with E-state index in [0.717, 1.165) is 23.5 Å². The molecule has 0 atom stereocenters. The molecule has 5 heteroatoms. The normalized spacial score (nSPS) is 11.0. The van der Waals surface area contributed by atoms with Crippen LogP contribution in [0.15, 0.2) is 18.2 Å². The summed E-state index contributed by atoms with van der Waals surface area (Å²) in [4.78, 5) is 16.2. The molecule has 2 aromatic rings. The number of hydrogen-bond acceptors (Lipinski definition) is 4. The van der Waals surface area contributed by atoms with Gasteiger partial charge in [0, 0.05) is 28.9 Å². The second-order valence-electron chi connectivity index (χ2n) is 5.74. The number of nitrogens with one attached hydrogen (secondary N) is 1. The Kier molecular flexibility index (Phi) is 4.96. The van der Waals surface area contributed by atoms with E-state index in [1.165, 1.54) is 19.2 Å². The fourth-order valence-electron chi connectivity index (χ4n) is 2.34. The Morgan fingerprint density at radius 3 is 2.77 bits per heavy atom. The standard InChI is InChI=1S/C17H21FN2O2/c1-10(2)9-19-17-13(8-16(21)22-4)11(3)20-15-6-5-12(18)7-14(15)17/h5-7,10H,8-9H2,1-4H3,(H,19,20). The van der Waals surface area contributed by atoms with E-state index in [9.17, 15) is 9.18 Å². The van der Waals surface area contributed by atoms with Crippen LogP contribution < -0.4 is 5.32 Å². The number of carbonyl (C=O) groups is 1. The van der Waals surface area contributed by atoms with Gasteiger partial charge in [0.05, 0.1) is 19.0 Å². The van der Waals surface area contributed by atoms with Crippen LogP contribution in [-0.2, 0) is 16.0 Å². The Labute approximate surface area is 129 Å². The van der Waals surface area contributed by atoms with Gasteiger partial charge in [0.25, 0.3) is 0 Å². The van der Waals surface area contributed by atoms with Crippen LogP contribution in [0, 0.1) is 18.7 Å². The average molecular weight is 304 g/mol. The van der Waals surface area contributed by atoms with Gasteiger partial charge in [-0.05, 0) is 31.0 Å². The highest BCUT2D eigenvalue weighted by atomic mass is 19.1. The smallest absolute Gasteiger partial charge is 0.310 e. The largest absolute Gasteiger partial charge is 0.469 e. The Bertz CT molecular complexity index is 699. The summed E-state index contributed by atoms with van der Waals surface area (Å²) in [6.07, 6.45) is 0.113. The van der Waals surface area contributed by atoms with E-state index in [0.29, 0.717) is 16.8 Å². The highest BCUT2D eigenvalue weighted by molar-refractivity contribution is 5.95. The van der Waals surface area contributed by atoms with Crippen molar-refractivity contribution in [1.29, 1.82) is 0 Å². The van der Waals surface area contributed by atoms with Crippen molar-refractivity contribution in [3.8, 4) is 0 Å². The molecule has 0 saturated carbocycles. The molecule has 22 heavy (non-hydrogen) atoms. The van der Waals surface area contributed by atoms with Gasteiger partial charge in [-0.25, -0.2) is 4.39 Å². The van der Waals surface area contributed by atoms with E-state index in [1.54, 1.807) is 6.07 Å². The number of carbonyl (C=O) groups excluding carboxylic acids is 1. The number of ether oxygens (including phenoxy) is 1. The van der Waals surface area contributed by atoms with Gasteiger partial charge in [-0.3, -0.25) is 9.78 Å². The molecule has 0 radical (unpaired) electrons. The number of rotatable bonds is 5. The molecule has 118 valence electrons. The van der Waals surface area contributed by atoms with E-state index in [2.05, 4.69) is 24.1 Å². The van der Waals surface area contributed by atoms with Crippen molar-refractivity contribution >= 4 is 22.6 Å². The first kappa shape index (κ1) is 16.2. The predicted molar refractivity (Wildman–Crippen MR) is 85.5 cm³/mol. The minimum Gasteiger partial charge on any atom is -0.469 e. The Hall–Kier alpha value is -2.17. The van der Waals surface area contributed by atoms with E-state index < -0.39 is 0 Å². The van der Waals surface area contributed by atoms with Gasteiger partial charge < -0.3 is 10.1 Å². The van der Waals surface area contributed by atoms with Crippen LogP contribution >= 0.6 is 0 Å². The van der Waals surface area contributed by atoms with Crippen LogP contribution in [0.4, 0.5) is 10.1 Å². The maximum Gasteiger partial charge on any atom is 0.310 e. The minimum absolute atomic E-state index is 0.113. The summed E-state index contributed by atoms with van der Waals surface area (Å²) >= 11 is 0. The molecule has 0 amide bonds. The van der Waals surface area contributed by atoms with Crippen molar-refractivity contribution < 1.29 is 13.9 Å². The lowest BCUT2D eigenvalue weighted by Gasteiger charge is -2.18. The van der Waals surface area contributed by atoms with Crippen molar-refractivity contribution in [3.05, 3.63) is 35.3 Å². The van der Waals surface area contributed by atoms with Crippen molar-refractivity contribution in [2.75, 3.05) is 19.0 Å². The lowest BCUT2D eigenvalue weighted by Crippen LogP contribution is -2.14. The van der Waals surface area contributed by atoms with Crippen molar-refractivity contribution in [2.24, 2.45) is 5.92 Å². The van der Waals surface area contributed by atoms with E-state index in [-0.39, 0.29) is 18.2 Å². The Morgan fingerprint density at radius 2 is 2.14 bits per heavy atom. The van der Waals surface area contributed by atoms with Gasteiger partial charge in [-0.1, -0.05) is 13.8 Å². The Balaban J connectivity index is 2.60. The molecule has 0 spiro atoms. The predicted octanol–water partition coefficient (Wildman–Crippen LogP) is 3.47. The van der Waals surface area contributed by atoms with Gasteiger partial charge in [-0.2, -0.15) is 0 Å². The minimum atomic E-state index is -0.340. The maximum atomic E-state index is 13.6. The summed E-state index contributed by atoms with van der Waals surface area (Å²) in [5.41, 5.74) is 2.97. The molecule has 0 aliphatic carbocycles. The van der Waals surface area contributed by atoms with E-state index >= 15 is 0 Å². The molecule has 4 nitrogen and oxygen atoms in total. The van der Waals surface area contributed by atoms with Crippen LogP contribution in [0.25, 0.3) is 10.9 Å². The zero-order valence-electron chi connectivity index (χ0n) is 13.4. The van der Waals surface area contributed by atoms with Gasteiger partial charge in [-0.15, -0.1) is 0 Å². The van der Waals surface area contributed by atoms with E-state index in [4.69, 9.17) is 4.74 Å². The molecule has 1 aromatic heterocycles. The van der Waals surface area contributed by atoms with E-state index in [1.807, 2.05) is 6.92 Å². The lowest BCUT2D eigenvalue weighted by atomic mass is 10.0. The molecular formula is C17H21FN2O2. The number of anilines is 1. The third-order valence-electron chi connectivity index (χ3n) is 3.49. The zero-order chi connectivity index (χ0) is 16.3. The Morgan fingerprint density at radius 1 is 1.41 bits per heavy atom. The van der Waals surface area contributed by atoms with Gasteiger partial charge in [0.15, 0.2) is 0 Å². The maximum absolute atomic E-state index is 13.6.